The zero-order valence-corrected chi connectivity index (χ0v) is 18.9. The summed E-state index contributed by atoms with van der Waals surface area (Å²) in [4.78, 5) is 37.5. The molecule has 1 saturated carbocycles. The minimum atomic E-state index is -0.581. The second-order valence-electron chi connectivity index (χ2n) is 8.34. The first-order chi connectivity index (χ1) is 16.0. The first-order valence-electron chi connectivity index (χ1n) is 11.1. The van der Waals surface area contributed by atoms with Crippen molar-refractivity contribution in [1.29, 1.82) is 0 Å². The normalized spacial score (nSPS) is 20.4. The van der Waals surface area contributed by atoms with Gasteiger partial charge in [-0.3, -0.25) is 14.4 Å². The van der Waals surface area contributed by atoms with Crippen LogP contribution in [0.1, 0.15) is 54.1 Å². The molecule has 0 aromatic heterocycles. The maximum absolute atomic E-state index is 12.6. The fourth-order valence-corrected chi connectivity index (χ4v) is 4.30. The van der Waals surface area contributed by atoms with Gasteiger partial charge in [0, 0.05) is 17.1 Å². The van der Waals surface area contributed by atoms with Crippen LogP contribution in [0, 0.1) is 0 Å². The summed E-state index contributed by atoms with van der Waals surface area (Å²) in [7, 11) is 0. The summed E-state index contributed by atoms with van der Waals surface area (Å²) in [5.41, 5.74) is 7.74. The van der Waals surface area contributed by atoms with Gasteiger partial charge in [0.1, 0.15) is 6.04 Å². The highest BCUT2D eigenvalue weighted by molar-refractivity contribution is 6.30. The van der Waals surface area contributed by atoms with E-state index in [1.165, 1.54) is 0 Å². The lowest BCUT2D eigenvalue weighted by Gasteiger charge is -2.15. The van der Waals surface area contributed by atoms with Crippen molar-refractivity contribution < 1.29 is 19.1 Å². The number of hydrogen-bond donors (Lipinski definition) is 4. The summed E-state index contributed by atoms with van der Waals surface area (Å²) in [6.07, 6.45) is 4.64. The number of para-hydroxylation sites is 1. The van der Waals surface area contributed by atoms with Gasteiger partial charge in [0.2, 0.25) is 0 Å². The number of halogens is 1. The van der Waals surface area contributed by atoms with Gasteiger partial charge >= 0.3 is 5.97 Å². The van der Waals surface area contributed by atoms with E-state index in [2.05, 4.69) is 21.5 Å². The molecule has 0 radical (unpaired) electrons. The molecule has 1 heterocycles. The van der Waals surface area contributed by atoms with Crippen LogP contribution < -0.4 is 21.5 Å². The third-order valence-corrected chi connectivity index (χ3v) is 6.19. The molecule has 1 saturated heterocycles. The van der Waals surface area contributed by atoms with Gasteiger partial charge in [-0.15, -0.1) is 0 Å². The average Bonchev–Trinajstić information content (AvgIpc) is 3.51. The highest BCUT2D eigenvalue weighted by atomic mass is 35.5. The molecule has 0 bridgehead atoms. The Morgan fingerprint density at radius 3 is 2.48 bits per heavy atom. The molecule has 0 spiro atoms. The molecule has 4 rings (SSSR count). The molecule has 4 N–H and O–H groups in total. The van der Waals surface area contributed by atoms with Crippen molar-refractivity contribution >= 4 is 35.1 Å². The molecule has 2 amide bonds. The maximum atomic E-state index is 12.6. The van der Waals surface area contributed by atoms with Crippen LogP contribution in [0.2, 0.25) is 5.02 Å². The zero-order valence-electron chi connectivity index (χ0n) is 18.1. The number of carbonyl (C=O) groups is 3. The number of nitrogens with one attached hydrogen (secondary N) is 4. The van der Waals surface area contributed by atoms with Crippen LogP contribution >= 0.6 is 11.6 Å². The Morgan fingerprint density at radius 1 is 1.00 bits per heavy atom. The standard InChI is InChI=1S/C24H27ClN4O4/c25-16-11-9-15(10-12-16)20-13-21(29-28-20)24(32)33-14-22(30)27-19-8-4-3-7-18(19)23(31)26-17-5-1-2-6-17/h3-4,7-12,17,20-21,28-29H,1-2,5-6,13-14H2,(H,26,31)(H,27,30). The van der Waals surface area contributed by atoms with Crippen molar-refractivity contribution in [2.24, 2.45) is 0 Å². The molecule has 9 heteroatoms. The predicted molar refractivity (Wildman–Crippen MR) is 125 cm³/mol. The van der Waals surface area contributed by atoms with Crippen molar-refractivity contribution in [2.45, 2.75) is 50.2 Å². The summed E-state index contributed by atoms with van der Waals surface area (Å²) in [6, 6.07) is 13.7. The van der Waals surface area contributed by atoms with Crippen molar-refractivity contribution in [3.8, 4) is 0 Å². The molecule has 2 aliphatic rings. The lowest BCUT2D eigenvalue weighted by atomic mass is 10.0. The van der Waals surface area contributed by atoms with Crippen LogP contribution in [0.5, 0.6) is 0 Å². The molecule has 1 aliphatic heterocycles. The Kier molecular flexibility index (Phi) is 7.59. The van der Waals surface area contributed by atoms with Crippen molar-refractivity contribution in [1.82, 2.24) is 16.2 Å². The van der Waals surface area contributed by atoms with E-state index in [0.29, 0.717) is 22.7 Å². The molecule has 2 fully saturated rings. The molecule has 2 atom stereocenters. The van der Waals surface area contributed by atoms with E-state index in [1.54, 1.807) is 36.4 Å². The first kappa shape index (κ1) is 23.2. The quantitative estimate of drug-likeness (QED) is 0.463. The Balaban J connectivity index is 1.27. The van der Waals surface area contributed by atoms with E-state index in [0.717, 1.165) is 31.2 Å². The van der Waals surface area contributed by atoms with Crippen LogP contribution in [0.15, 0.2) is 48.5 Å². The average molecular weight is 471 g/mol. The fourth-order valence-electron chi connectivity index (χ4n) is 4.17. The van der Waals surface area contributed by atoms with E-state index < -0.39 is 24.5 Å². The third kappa shape index (κ3) is 6.10. The van der Waals surface area contributed by atoms with Gasteiger partial charge < -0.3 is 15.4 Å². The minimum absolute atomic E-state index is 0.0705. The van der Waals surface area contributed by atoms with Gasteiger partial charge in [0.25, 0.3) is 11.8 Å². The zero-order chi connectivity index (χ0) is 23.2. The van der Waals surface area contributed by atoms with E-state index in [9.17, 15) is 14.4 Å². The van der Waals surface area contributed by atoms with Crippen molar-refractivity contribution in [3.05, 3.63) is 64.7 Å². The Morgan fingerprint density at radius 2 is 1.73 bits per heavy atom. The number of hydrogen-bond acceptors (Lipinski definition) is 6. The van der Waals surface area contributed by atoms with E-state index >= 15 is 0 Å². The summed E-state index contributed by atoms with van der Waals surface area (Å²) in [5, 5.41) is 6.34. The van der Waals surface area contributed by atoms with Crippen molar-refractivity contribution in [3.63, 3.8) is 0 Å². The Hall–Kier alpha value is -2.94. The number of carbonyl (C=O) groups excluding carboxylic acids is 3. The number of benzene rings is 2. The Bertz CT molecular complexity index is 1010. The first-order valence-corrected chi connectivity index (χ1v) is 11.5. The van der Waals surface area contributed by atoms with E-state index in [4.69, 9.17) is 16.3 Å². The van der Waals surface area contributed by atoms with Crippen LogP contribution in [0.3, 0.4) is 0 Å². The molecule has 33 heavy (non-hydrogen) atoms. The predicted octanol–water partition coefficient (Wildman–Crippen LogP) is 3.10. The Labute approximate surface area is 197 Å². The number of anilines is 1. The summed E-state index contributed by atoms with van der Waals surface area (Å²) in [5.74, 6) is -1.25. The number of esters is 1. The summed E-state index contributed by atoms with van der Waals surface area (Å²) in [6.45, 7) is -0.443. The molecular weight excluding hydrogens is 444 g/mol. The molecular formula is C24H27ClN4O4. The second-order valence-corrected chi connectivity index (χ2v) is 8.77. The largest absolute Gasteiger partial charge is 0.454 e. The van der Waals surface area contributed by atoms with Gasteiger partial charge in [-0.1, -0.05) is 48.7 Å². The smallest absolute Gasteiger partial charge is 0.325 e. The van der Waals surface area contributed by atoms with Crippen LogP contribution in [-0.2, 0) is 14.3 Å². The minimum Gasteiger partial charge on any atom is -0.454 e. The lowest BCUT2D eigenvalue weighted by molar-refractivity contribution is -0.149. The number of amides is 2. The fraction of sp³-hybridized carbons (Fsp3) is 0.375. The molecule has 2 aromatic carbocycles. The van der Waals surface area contributed by atoms with E-state index in [-0.39, 0.29) is 18.0 Å². The van der Waals surface area contributed by atoms with E-state index in [1.807, 2.05) is 12.1 Å². The van der Waals surface area contributed by atoms with Crippen LogP contribution in [-0.4, -0.2) is 36.5 Å². The van der Waals surface area contributed by atoms with Gasteiger partial charge in [-0.2, -0.15) is 0 Å². The molecule has 174 valence electrons. The third-order valence-electron chi connectivity index (χ3n) is 5.94. The van der Waals surface area contributed by atoms with Gasteiger partial charge in [0.15, 0.2) is 6.61 Å². The summed E-state index contributed by atoms with van der Waals surface area (Å²) >= 11 is 5.92. The molecule has 2 unspecified atom stereocenters. The van der Waals surface area contributed by atoms with Crippen molar-refractivity contribution in [2.75, 3.05) is 11.9 Å². The molecule has 8 nitrogen and oxygen atoms in total. The molecule has 2 aromatic rings. The summed E-state index contributed by atoms with van der Waals surface area (Å²) < 4.78 is 5.20. The monoisotopic (exact) mass is 470 g/mol. The molecule has 1 aliphatic carbocycles. The lowest BCUT2D eigenvalue weighted by Crippen LogP contribution is -2.38. The topological polar surface area (TPSA) is 109 Å². The number of ether oxygens (including phenoxy) is 1. The van der Waals surface area contributed by atoms with Gasteiger partial charge in [-0.05, 0) is 49.1 Å². The second kappa shape index (κ2) is 10.8. The van der Waals surface area contributed by atoms with Gasteiger partial charge in [0.05, 0.1) is 11.3 Å². The maximum Gasteiger partial charge on any atom is 0.325 e. The highest BCUT2D eigenvalue weighted by Gasteiger charge is 2.31. The van der Waals surface area contributed by atoms with Crippen LogP contribution in [0.4, 0.5) is 5.69 Å². The van der Waals surface area contributed by atoms with Crippen LogP contribution in [0.25, 0.3) is 0 Å². The van der Waals surface area contributed by atoms with Gasteiger partial charge in [-0.25, -0.2) is 10.9 Å². The number of rotatable bonds is 7. The SMILES string of the molecule is O=C(COC(=O)C1CC(c2ccc(Cl)cc2)NN1)Nc1ccccc1C(=O)NC1CCCC1. The highest BCUT2D eigenvalue weighted by Crippen LogP contribution is 2.24. The number of hydrazine groups is 1.